The molecule has 1 unspecified atom stereocenters. The summed E-state index contributed by atoms with van der Waals surface area (Å²) in [6.45, 7) is 2.53. The molecular weight excluding hydrogens is 354 g/mol. The van der Waals surface area contributed by atoms with Crippen molar-refractivity contribution in [2.24, 2.45) is 5.92 Å². The van der Waals surface area contributed by atoms with Gasteiger partial charge in [0.15, 0.2) is 0 Å². The predicted octanol–water partition coefficient (Wildman–Crippen LogP) is 2.66. The summed E-state index contributed by atoms with van der Waals surface area (Å²) >= 11 is 0. The minimum atomic E-state index is 0. The summed E-state index contributed by atoms with van der Waals surface area (Å²) in [7, 11) is 3.31. The number of fused-ring (bicyclic) bond motifs is 1. The first-order chi connectivity index (χ1) is 12.2. The molecule has 1 atom stereocenters. The van der Waals surface area contributed by atoms with Gasteiger partial charge in [0.1, 0.15) is 11.5 Å². The lowest BCUT2D eigenvalue weighted by Gasteiger charge is -2.21. The second-order valence-corrected chi connectivity index (χ2v) is 6.52. The normalized spacial score (nSPS) is 16.8. The summed E-state index contributed by atoms with van der Waals surface area (Å²) in [5.41, 5.74) is 2.14. The summed E-state index contributed by atoms with van der Waals surface area (Å²) in [5.74, 6) is 1.87. The average molecular weight is 382 g/mol. The zero-order valence-electron chi connectivity index (χ0n) is 15.4. The van der Waals surface area contributed by atoms with E-state index >= 15 is 0 Å². The fourth-order valence-electron chi connectivity index (χ4n) is 3.37. The molecule has 0 spiro atoms. The zero-order valence-corrected chi connectivity index (χ0v) is 16.2. The summed E-state index contributed by atoms with van der Waals surface area (Å²) in [5, 5.41) is 7.39. The molecule has 0 aliphatic carbocycles. The second-order valence-electron chi connectivity index (χ2n) is 6.52. The maximum absolute atomic E-state index is 12.1. The van der Waals surface area contributed by atoms with Gasteiger partial charge in [-0.3, -0.25) is 4.79 Å². The Balaban J connectivity index is 0.00000243. The number of hydrogen-bond acceptors (Lipinski definition) is 4. The minimum absolute atomic E-state index is 0. The van der Waals surface area contributed by atoms with Crippen LogP contribution in [-0.4, -0.2) is 44.7 Å². The van der Waals surface area contributed by atoms with Crippen LogP contribution in [0.15, 0.2) is 18.2 Å². The molecule has 3 N–H and O–H groups in total. The number of rotatable bonds is 7. The van der Waals surface area contributed by atoms with Crippen molar-refractivity contribution in [1.82, 2.24) is 15.6 Å². The van der Waals surface area contributed by atoms with Gasteiger partial charge in [0, 0.05) is 36.3 Å². The third-order valence-electron chi connectivity index (χ3n) is 4.77. The molecule has 144 valence electrons. The molecule has 1 aliphatic heterocycles. The highest BCUT2D eigenvalue weighted by Gasteiger charge is 2.20. The van der Waals surface area contributed by atoms with E-state index in [-0.39, 0.29) is 24.2 Å². The molecule has 6 nitrogen and oxygen atoms in total. The summed E-state index contributed by atoms with van der Waals surface area (Å²) < 4.78 is 10.7. The van der Waals surface area contributed by atoms with Gasteiger partial charge in [-0.05, 0) is 38.3 Å². The van der Waals surface area contributed by atoms with Crippen LogP contribution in [0.3, 0.4) is 0 Å². The standard InChI is InChI=1S/C19H27N3O3.ClH/c1-24-15-10-17-16(18(11-15)25-2)9-14(22-17)6-4-8-21-19(23)13-5-3-7-20-12-13;/h9-11,13,20,22H,3-8,12H2,1-2H3,(H,21,23);1H. The second kappa shape index (κ2) is 9.69. The Labute approximate surface area is 160 Å². The lowest BCUT2D eigenvalue weighted by molar-refractivity contribution is -0.125. The quantitative estimate of drug-likeness (QED) is 0.644. The molecule has 0 bridgehead atoms. The Bertz CT molecular complexity index is 726. The van der Waals surface area contributed by atoms with Gasteiger partial charge in [-0.2, -0.15) is 0 Å². The van der Waals surface area contributed by atoms with Gasteiger partial charge in [-0.15, -0.1) is 12.4 Å². The maximum Gasteiger partial charge on any atom is 0.224 e. The average Bonchev–Trinajstić information content (AvgIpc) is 3.07. The van der Waals surface area contributed by atoms with E-state index in [0.29, 0.717) is 6.54 Å². The van der Waals surface area contributed by atoms with Crippen LogP contribution in [0.25, 0.3) is 10.9 Å². The molecule has 2 heterocycles. The smallest absolute Gasteiger partial charge is 0.224 e. The van der Waals surface area contributed by atoms with Crippen LogP contribution in [-0.2, 0) is 11.2 Å². The number of amides is 1. The van der Waals surface area contributed by atoms with Gasteiger partial charge in [0.05, 0.1) is 25.7 Å². The number of hydrogen-bond donors (Lipinski definition) is 3. The zero-order chi connectivity index (χ0) is 17.6. The highest BCUT2D eigenvalue weighted by atomic mass is 35.5. The number of piperidine rings is 1. The van der Waals surface area contributed by atoms with Crippen LogP contribution in [0.5, 0.6) is 11.5 Å². The van der Waals surface area contributed by atoms with E-state index in [0.717, 1.165) is 66.9 Å². The van der Waals surface area contributed by atoms with Crippen LogP contribution >= 0.6 is 12.4 Å². The fourth-order valence-corrected chi connectivity index (χ4v) is 3.37. The largest absolute Gasteiger partial charge is 0.497 e. The first-order valence-electron chi connectivity index (χ1n) is 8.93. The van der Waals surface area contributed by atoms with E-state index in [4.69, 9.17) is 9.47 Å². The van der Waals surface area contributed by atoms with Gasteiger partial charge >= 0.3 is 0 Å². The SMILES string of the molecule is COc1cc(OC)c2cc(CCCNC(=O)C3CCCNC3)[nH]c2c1.Cl. The molecule has 7 heteroatoms. The van der Waals surface area contributed by atoms with Crippen LogP contribution in [0.2, 0.25) is 0 Å². The Hall–Kier alpha value is -1.92. The number of methoxy groups -OCH3 is 2. The Morgan fingerprint density at radius 1 is 1.27 bits per heavy atom. The minimum Gasteiger partial charge on any atom is -0.497 e. The number of aryl methyl sites for hydroxylation is 1. The molecule has 1 amide bonds. The molecule has 1 fully saturated rings. The molecule has 1 saturated heterocycles. The van der Waals surface area contributed by atoms with Gasteiger partial charge in [-0.25, -0.2) is 0 Å². The number of carbonyl (C=O) groups excluding carboxylic acids is 1. The predicted molar refractivity (Wildman–Crippen MR) is 106 cm³/mol. The topological polar surface area (TPSA) is 75.4 Å². The van der Waals surface area contributed by atoms with Crippen molar-refractivity contribution in [1.29, 1.82) is 0 Å². The van der Waals surface area contributed by atoms with E-state index < -0.39 is 0 Å². The lowest BCUT2D eigenvalue weighted by Crippen LogP contribution is -2.40. The van der Waals surface area contributed by atoms with Crippen LogP contribution in [0, 0.1) is 5.92 Å². The molecule has 1 aliphatic rings. The van der Waals surface area contributed by atoms with Crippen molar-refractivity contribution in [3.8, 4) is 11.5 Å². The number of nitrogens with one attached hydrogen (secondary N) is 3. The van der Waals surface area contributed by atoms with E-state index in [9.17, 15) is 4.79 Å². The first kappa shape index (κ1) is 20.4. The molecular formula is C19H28ClN3O3. The van der Waals surface area contributed by atoms with Crippen molar-refractivity contribution in [3.05, 3.63) is 23.9 Å². The van der Waals surface area contributed by atoms with Crippen LogP contribution in [0.1, 0.15) is 25.0 Å². The first-order valence-corrected chi connectivity index (χ1v) is 8.93. The van der Waals surface area contributed by atoms with Gasteiger partial charge < -0.3 is 25.1 Å². The Morgan fingerprint density at radius 3 is 2.81 bits per heavy atom. The molecule has 0 saturated carbocycles. The van der Waals surface area contributed by atoms with Crippen LogP contribution < -0.4 is 20.1 Å². The summed E-state index contributed by atoms with van der Waals surface area (Å²) in [6.07, 6.45) is 3.85. The van der Waals surface area contributed by atoms with Crippen molar-refractivity contribution in [2.75, 3.05) is 33.9 Å². The Morgan fingerprint density at radius 2 is 2.12 bits per heavy atom. The van der Waals surface area contributed by atoms with E-state index in [2.05, 4.69) is 21.7 Å². The highest BCUT2D eigenvalue weighted by Crippen LogP contribution is 2.31. The lowest BCUT2D eigenvalue weighted by atomic mass is 9.99. The number of benzene rings is 1. The van der Waals surface area contributed by atoms with Gasteiger partial charge in [-0.1, -0.05) is 0 Å². The van der Waals surface area contributed by atoms with Crippen molar-refractivity contribution in [2.45, 2.75) is 25.7 Å². The van der Waals surface area contributed by atoms with Crippen molar-refractivity contribution >= 4 is 29.2 Å². The van der Waals surface area contributed by atoms with E-state index in [1.807, 2.05) is 12.1 Å². The monoisotopic (exact) mass is 381 g/mol. The number of ether oxygens (including phenoxy) is 2. The van der Waals surface area contributed by atoms with E-state index in [1.54, 1.807) is 14.2 Å². The molecule has 0 radical (unpaired) electrons. The third-order valence-corrected chi connectivity index (χ3v) is 4.77. The number of H-pyrrole nitrogens is 1. The highest BCUT2D eigenvalue weighted by molar-refractivity contribution is 5.88. The van der Waals surface area contributed by atoms with Gasteiger partial charge in [0.25, 0.3) is 0 Å². The molecule has 1 aromatic heterocycles. The van der Waals surface area contributed by atoms with Crippen molar-refractivity contribution < 1.29 is 14.3 Å². The fraction of sp³-hybridized carbons (Fsp3) is 0.526. The molecule has 26 heavy (non-hydrogen) atoms. The number of carbonyl (C=O) groups is 1. The maximum atomic E-state index is 12.1. The molecule has 3 rings (SSSR count). The third kappa shape index (κ3) is 4.83. The number of halogens is 1. The summed E-state index contributed by atoms with van der Waals surface area (Å²) in [6, 6.07) is 5.97. The molecule has 2 aromatic rings. The molecule has 1 aromatic carbocycles. The Kier molecular flexibility index (Phi) is 7.60. The van der Waals surface area contributed by atoms with Crippen LogP contribution in [0.4, 0.5) is 0 Å². The number of aromatic nitrogens is 1. The van der Waals surface area contributed by atoms with E-state index in [1.165, 1.54) is 0 Å². The summed E-state index contributed by atoms with van der Waals surface area (Å²) in [4.78, 5) is 15.5. The van der Waals surface area contributed by atoms with Gasteiger partial charge in [0.2, 0.25) is 5.91 Å². The van der Waals surface area contributed by atoms with Crippen molar-refractivity contribution in [3.63, 3.8) is 0 Å². The number of aromatic amines is 1.